The van der Waals surface area contributed by atoms with Crippen molar-refractivity contribution in [3.63, 3.8) is 0 Å². The Bertz CT molecular complexity index is 1030. The van der Waals surface area contributed by atoms with Crippen molar-refractivity contribution in [3.8, 4) is 0 Å². The maximum atomic E-state index is 11.7. The summed E-state index contributed by atoms with van der Waals surface area (Å²) in [7, 11) is -1.02. The lowest BCUT2D eigenvalue weighted by atomic mass is 10.1. The van der Waals surface area contributed by atoms with Crippen LogP contribution in [0.2, 0.25) is 0 Å². The Morgan fingerprint density at radius 3 is 2.81 bits per heavy atom. The van der Waals surface area contributed by atoms with Crippen LogP contribution in [0.15, 0.2) is 40.9 Å². The smallest absolute Gasteiger partial charge is 0.191 e. The number of sulfone groups is 1. The van der Waals surface area contributed by atoms with Crippen molar-refractivity contribution in [1.29, 1.82) is 0 Å². The van der Waals surface area contributed by atoms with E-state index in [1.807, 2.05) is 29.8 Å². The molecule has 9 heteroatoms. The summed E-state index contributed by atoms with van der Waals surface area (Å²) < 4.78 is 25.3. The molecule has 142 valence electrons. The molecular weight excluding hydrogens is 400 g/mol. The van der Waals surface area contributed by atoms with E-state index in [4.69, 9.17) is 4.98 Å². The van der Waals surface area contributed by atoms with Gasteiger partial charge in [0.1, 0.15) is 5.82 Å². The summed E-state index contributed by atoms with van der Waals surface area (Å²) in [5, 5.41) is 12.5. The Morgan fingerprint density at radius 1 is 1.26 bits per heavy atom. The maximum absolute atomic E-state index is 11.7. The summed E-state index contributed by atoms with van der Waals surface area (Å²) in [4.78, 5) is 4.71. The molecule has 3 heterocycles. The van der Waals surface area contributed by atoms with Crippen molar-refractivity contribution in [2.24, 2.45) is 7.05 Å². The number of hydrogen-bond donors (Lipinski definition) is 0. The van der Waals surface area contributed by atoms with E-state index >= 15 is 0 Å². The van der Waals surface area contributed by atoms with Gasteiger partial charge in [-0.2, -0.15) is 0 Å². The second kappa shape index (κ2) is 7.73. The van der Waals surface area contributed by atoms with Crippen LogP contribution in [0.1, 0.15) is 34.4 Å². The fourth-order valence-electron chi connectivity index (χ4n) is 3.21. The van der Waals surface area contributed by atoms with Gasteiger partial charge in [0.05, 0.1) is 22.2 Å². The Balaban J connectivity index is 1.38. The lowest BCUT2D eigenvalue weighted by Gasteiger charge is -2.07. The molecule has 1 unspecified atom stereocenters. The van der Waals surface area contributed by atoms with E-state index in [-0.39, 0.29) is 17.4 Å². The van der Waals surface area contributed by atoms with E-state index in [2.05, 4.69) is 27.7 Å². The minimum Gasteiger partial charge on any atom is -0.309 e. The molecule has 1 fully saturated rings. The first-order chi connectivity index (χ1) is 13.0. The minimum atomic E-state index is -2.93. The summed E-state index contributed by atoms with van der Waals surface area (Å²) in [6, 6.07) is 10.3. The highest BCUT2D eigenvalue weighted by Gasteiger charge is 2.32. The zero-order valence-electron chi connectivity index (χ0n) is 14.9. The number of aromatic nitrogens is 4. The van der Waals surface area contributed by atoms with Crippen molar-refractivity contribution >= 4 is 32.9 Å². The van der Waals surface area contributed by atoms with Gasteiger partial charge < -0.3 is 4.57 Å². The highest BCUT2D eigenvalue weighted by atomic mass is 32.2. The molecule has 3 aromatic rings. The van der Waals surface area contributed by atoms with Crippen molar-refractivity contribution in [1.82, 2.24) is 19.7 Å². The Morgan fingerprint density at radius 2 is 2.07 bits per heavy atom. The van der Waals surface area contributed by atoms with Crippen LogP contribution in [0.3, 0.4) is 0 Å². The first-order valence-corrected chi connectivity index (χ1v) is 12.4. The number of rotatable bonds is 6. The molecule has 1 aliphatic rings. The van der Waals surface area contributed by atoms with E-state index < -0.39 is 9.84 Å². The first-order valence-electron chi connectivity index (χ1n) is 8.70. The predicted octanol–water partition coefficient (Wildman–Crippen LogP) is 3.06. The zero-order chi connectivity index (χ0) is 18.9. The summed E-state index contributed by atoms with van der Waals surface area (Å²) in [6.07, 6.45) is 1.48. The average molecular weight is 421 g/mol. The van der Waals surface area contributed by atoms with E-state index in [9.17, 15) is 8.42 Å². The first kappa shape index (κ1) is 18.6. The van der Waals surface area contributed by atoms with Crippen LogP contribution in [0.25, 0.3) is 0 Å². The van der Waals surface area contributed by atoms with Gasteiger partial charge >= 0.3 is 0 Å². The van der Waals surface area contributed by atoms with Gasteiger partial charge in [-0.25, -0.2) is 13.4 Å². The van der Waals surface area contributed by atoms with Crippen LogP contribution < -0.4 is 0 Å². The molecule has 27 heavy (non-hydrogen) atoms. The third kappa shape index (κ3) is 4.41. The maximum Gasteiger partial charge on any atom is 0.191 e. The molecule has 4 rings (SSSR count). The molecule has 0 spiro atoms. The topological polar surface area (TPSA) is 77.7 Å². The monoisotopic (exact) mass is 420 g/mol. The molecule has 1 atom stereocenters. The second-order valence-electron chi connectivity index (χ2n) is 6.68. The third-order valence-corrected chi connectivity index (χ3v) is 8.33. The molecular formula is C18H20N4O2S3. The van der Waals surface area contributed by atoms with Gasteiger partial charge in [0.25, 0.3) is 0 Å². The fraction of sp³-hybridized carbons (Fsp3) is 0.389. The van der Waals surface area contributed by atoms with Crippen LogP contribution in [0, 0.1) is 0 Å². The summed E-state index contributed by atoms with van der Waals surface area (Å²) >= 11 is 3.26. The van der Waals surface area contributed by atoms with Gasteiger partial charge in [0.2, 0.25) is 0 Å². The number of thioether (sulfide) groups is 1. The van der Waals surface area contributed by atoms with Crippen LogP contribution >= 0.6 is 23.1 Å². The van der Waals surface area contributed by atoms with E-state index in [1.165, 1.54) is 5.56 Å². The lowest BCUT2D eigenvalue weighted by Crippen LogP contribution is -2.09. The van der Waals surface area contributed by atoms with Crippen LogP contribution in [0.4, 0.5) is 0 Å². The van der Waals surface area contributed by atoms with Gasteiger partial charge in [-0.1, -0.05) is 42.1 Å². The molecule has 1 saturated heterocycles. The van der Waals surface area contributed by atoms with Gasteiger partial charge in [0.15, 0.2) is 15.0 Å². The van der Waals surface area contributed by atoms with Crippen molar-refractivity contribution < 1.29 is 8.42 Å². The van der Waals surface area contributed by atoms with Crippen LogP contribution in [0.5, 0.6) is 0 Å². The SMILES string of the molecule is Cn1c(SCc2csc(Cc3ccccc3)n2)nnc1C1CCS(=O)(=O)C1. The van der Waals surface area contributed by atoms with Gasteiger partial charge in [-0.05, 0) is 12.0 Å². The Hall–Kier alpha value is -1.71. The lowest BCUT2D eigenvalue weighted by molar-refractivity contribution is 0.599. The normalized spacial score (nSPS) is 18.8. The molecule has 0 saturated carbocycles. The third-order valence-electron chi connectivity index (χ3n) is 4.61. The molecule has 2 aromatic heterocycles. The predicted molar refractivity (Wildman–Crippen MR) is 108 cm³/mol. The van der Waals surface area contributed by atoms with Gasteiger partial charge in [0, 0.05) is 30.5 Å². The summed E-state index contributed by atoms with van der Waals surface area (Å²) in [6.45, 7) is 0. The largest absolute Gasteiger partial charge is 0.309 e. The summed E-state index contributed by atoms with van der Waals surface area (Å²) in [5.74, 6) is 1.87. The van der Waals surface area contributed by atoms with Crippen LogP contribution in [-0.2, 0) is 29.1 Å². The average Bonchev–Trinajstić information content (AvgIpc) is 3.33. The molecule has 1 aromatic carbocycles. The van der Waals surface area contributed by atoms with Crippen LogP contribution in [-0.4, -0.2) is 39.7 Å². The second-order valence-corrected chi connectivity index (χ2v) is 10.8. The quantitative estimate of drug-likeness (QED) is 0.571. The standard InChI is InChI=1S/C18H20N4O2S3/c1-22-17(14-7-8-27(23,24)12-14)20-21-18(22)26-11-15-10-25-16(19-15)9-13-5-3-2-4-6-13/h2-6,10,14H,7-9,11-12H2,1H3. The zero-order valence-corrected chi connectivity index (χ0v) is 17.4. The number of thiazole rings is 1. The molecule has 6 nitrogen and oxygen atoms in total. The van der Waals surface area contributed by atoms with E-state index in [0.717, 1.165) is 33.9 Å². The minimum absolute atomic E-state index is 0.0430. The van der Waals surface area contributed by atoms with Crippen molar-refractivity contribution in [2.75, 3.05) is 11.5 Å². The van der Waals surface area contributed by atoms with Gasteiger partial charge in [-0.3, -0.25) is 0 Å². The molecule has 0 aliphatic carbocycles. The molecule has 0 radical (unpaired) electrons. The molecule has 1 aliphatic heterocycles. The highest BCUT2D eigenvalue weighted by molar-refractivity contribution is 7.98. The highest BCUT2D eigenvalue weighted by Crippen LogP contribution is 2.30. The van der Waals surface area contributed by atoms with E-state index in [1.54, 1.807) is 23.1 Å². The molecule has 0 amide bonds. The number of hydrogen-bond acceptors (Lipinski definition) is 7. The van der Waals surface area contributed by atoms with Crippen molar-refractivity contribution in [3.05, 3.63) is 57.8 Å². The van der Waals surface area contributed by atoms with Crippen molar-refractivity contribution in [2.45, 2.75) is 29.7 Å². The summed E-state index contributed by atoms with van der Waals surface area (Å²) in [5.41, 5.74) is 2.29. The number of benzene rings is 1. The molecule has 0 N–H and O–H groups in total. The Labute approximate surface area is 167 Å². The number of nitrogens with zero attached hydrogens (tertiary/aromatic N) is 4. The van der Waals surface area contributed by atoms with E-state index in [0.29, 0.717) is 6.42 Å². The van der Waals surface area contributed by atoms with Gasteiger partial charge in [-0.15, -0.1) is 21.5 Å². The fourth-order valence-corrected chi connectivity index (χ4v) is 6.69. The Kier molecular flexibility index (Phi) is 5.34. The molecule has 0 bridgehead atoms.